The molecule has 0 aliphatic heterocycles. The Morgan fingerprint density at radius 1 is 1.53 bits per heavy atom. The molecule has 4 nitrogen and oxygen atoms in total. The summed E-state index contributed by atoms with van der Waals surface area (Å²) in [7, 11) is 1.68. The van der Waals surface area contributed by atoms with Crippen molar-refractivity contribution in [1.82, 2.24) is 9.55 Å². The lowest BCUT2D eigenvalue weighted by atomic mass is 10.3. The average molecular weight is 254 g/mol. The number of fused-ring (bicyclic) bond motifs is 1. The minimum absolute atomic E-state index is 0.113. The van der Waals surface area contributed by atoms with Crippen LogP contribution in [0.3, 0.4) is 0 Å². The Balaban J connectivity index is 2.54. The van der Waals surface area contributed by atoms with Gasteiger partial charge in [0.25, 0.3) is 0 Å². The van der Waals surface area contributed by atoms with Gasteiger partial charge in [0, 0.05) is 18.7 Å². The van der Waals surface area contributed by atoms with E-state index < -0.39 is 0 Å². The van der Waals surface area contributed by atoms with Gasteiger partial charge in [0.2, 0.25) is 0 Å². The molecule has 1 atom stereocenters. The monoisotopic (exact) mass is 253 g/mol. The van der Waals surface area contributed by atoms with Gasteiger partial charge in [-0.15, -0.1) is 0 Å². The Kier molecular flexibility index (Phi) is 3.66. The number of hydrogen-bond acceptors (Lipinski definition) is 3. The number of nitrogens with zero attached hydrogens (tertiary/aromatic N) is 2. The van der Waals surface area contributed by atoms with E-state index in [1.807, 2.05) is 25.1 Å². The molecule has 1 unspecified atom stereocenters. The lowest BCUT2D eigenvalue weighted by Crippen LogP contribution is -2.15. The summed E-state index contributed by atoms with van der Waals surface area (Å²) in [6.45, 7) is 3.30. The van der Waals surface area contributed by atoms with E-state index in [1.165, 1.54) is 0 Å². The maximum atomic E-state index is 5.96. The van der Waals surface area contributed by atoms with Crippen LogP contribution in [0.15, 0.2) is 18.2 Å². The molecule has 0 spiro atoms. The normalized spacial score (nSPS) is 13.2. The van der Waals surface area contributed by atoms with Crippen molar-refractivity contribution in [1.29, 1.82) is 0 Å². The zero-order chi connectivity index (χ0) is 12.4. The fraction of sp³-hybridized carbons (Fsp3) is 0.417. The highest BCUT2D eigenvalue weighted by molar-refractivity contribution is 6.31. The Morgan fingerprint density at radius 2 is 2.29 bits per heavy atom. The highest BCUT2D eigenvalue weighted by Gasteiger charge is 2.13. The van der Waals surface area contributed by atoms with Gasteiger partial charge in [0.1, 0.15) is 5.82 Å². The van der Waals surface area contributed by atoms with Crippen molar-refractivity contribution >= 4 is 22.6 Å². The van der Waals surface area contributed by atoms with Gasteiger partial charge in [-0.1, -0.05) is 11.6 Å². The van der Waals surface area contributed by atoms with Crippen molar-refractivity contribution in [3.63, 3.8) is 0 Å². The number of imidazole rings is 1. The minimum atomic E-state index is -0.113. The van der Waals surface area contributed by atoms with Gasteiger partial charge in [-0.3, -0.25) is 0 Å². The second-order valence-electron chi connectivity index (χ2n) is 4.04. The van der Waals surface area contributed by atoms with Gasteiger partial charge < -0.3 is 15.0 Å². The molecule has 2 N–H and O–H groups in total. The first-order chi connectivity index (χ1) is 8.13. The zero-order valence-corrected chi connectivity index (χ0v) is 10.7. The van der Waals surface area contributed by atoms with E-state index in [4.69, 9.17) is 22.1 Å². The first-order valence-corrected chi connectivity index (χ1v) is 5.91. The highest BCUT2D eigenvalue weighted by Crippen LogP contribution is 2.22. The number of rotatable bonds is 4. The maximum absolute atomic E-state index is 5.96. The molecule has 0 radical (unpaired) electrons. The van der Waals surface area contributed by atoms with Gasteiger partial charge in [-0.05, 0) is 25.1 Å². The molecule has 0 amide bonds. The quantitative estimate of drug-likeness (QED) is 0.910. The number of nitrogens with two attached hydrogens (primary N) is 1. The van der Waals surface area contributed by atoms with Crippen LogP contribution >= 0.6 is 11.6 Å². The Hall–Kier alpha value is -1.10. The van der Waals surface area contributed by atoms with E-state index in [0.717, 1.165) is 23.4 Å². The van der Waals surface area contributed by atoms with Gasteiger partial charge in [0.15, 0.2) is 0 Å². The molecule has 0 saturated heterocycles. The molecule has 0 saturated carbocycles. The molecule has 2 aromatic rings. The molecule has 2 rings (SSSR count). The third-order valence-corrected chi connectivity index (χ3v) is 2.90. The van der Waals surface area contributed by atoms with Gasteiger partial charge in [0.05, 0.1) is 23.7 Å². The Bertz CT molecular complexity index is 522. The molecule has 0 aliphatic rings. The summed E-state index contributed by atoms with van der Waals surface area (Å²) in [5.74, 6) is 0.860. The first kappa shape index (κ1) is 12.4. The van der Waals surface area contributed by atoms with E-state index in [2.05, 4.69) is 9.55 Å². The number of hydrogen-bond donors (Lipinski definition) is 1. The summed E-state index contributed by atoms with van der Waals surface area (Å²) in [4.78, 5) is 4.52. The summed E-state index contributed by atoms with van der Waals surface area (Å²) in [6, 6.07) is 5.57. The second-order valence-corrected chi connectivity index (χ2v) is 4.47. The van der Waals surface area contributed by atoms with Crippen LogP contribution in [0.1, 0.15) is 18.8 Å². The molecule has 17 heavy (non-hydrogen) atoms. The van der Waals surface area contributed by atoms with Crippen LogP contribution < -0.4 is 5.73 Å². The summed E-state index contributed by atoms with van der Waals surface area (Å²) in [5.41, 5.74) is 7.85. The van der Waals surface area contributed by atoms with Crippen LogP contribution in [0.2, 0.25) is 5.02 Å². The number of methoxy groups -OCH3 is 1. The van der Waals surface area contributed by atoms with Crippen molar-refractivity contribution in [2.24, 2.45) is 5.73 Å². The van der Waals surface area contributed by atoms with Crippen molar-refractivity contribution < 1.29 is 4.74 Å². The van der Waals surface area contributed by atoms with Crippen LogP contribution in [0, 0.1) is 0 Å². The number of aromatic nitrogens is 2. The second kappa shape index (κ2) is 5.04. The van der Waals surface area contributed by atoms with E-state index >= 15 is 0 Å². The van der Waals surface area contributed by atoms with Crippen LogP contribution in [0.4, 0.5) is 0 Å². The van der Waals surface area contributed by atoms with Gasteiger partial charge >= 0.3 is 0 Å². The SMILES string of the molecule is COCCn1c(C(C)N)nc2cc(Cl)ccc21. The molecular formula is C12H16ClN3O. The van der Waals surface area contributed by atoms with Crippen LogP contribution in [-0.2, 0) is 11.3 Å². The maximum Gasteiger partial charge on any atom is 0.126 e. The highest BCUT2D eigenvalue weighted by atomic mass is 35.5. The molecule has 92 valence electrons. The fourth-order valence-electron chi connectivity index (χ4n) is 1.89. The van der Waals surface area contributed by atoms with E-state index in [-0.39, 0.29) is 6.04 Å². The summed E-state index contributed by atoms with van der Waals surface area (Å²) >= 11 is 5.96. The number of benzene rings is 1. The largest absolute Gasteiger partial charge is 0.383 e. The molecule has 5 heteroatoms. The molecule has 0 bridgehead atoms. The average Bonchev–Trinajstić information content (AvgIpc) is 2.64. The number of halogens is 1. The Labute approximate surface area is 105 Å². The first-order valence-electron chi connectivity index (χ1n) is 5.53. The summed E-state index contributed by atoms with van der Waals surface area (Å²) in [6.07, 6.45) is 0. The fourth-order valence-corrected chi connectivity index (χ4v) is 2.05. The Morgan fingerprint density at radius 3 is 2.94 bits per heavy atom. The topological polar surface area (TPSA) is 53.1 Å². The van der Waals surface area contributed by atoms with E-state index in [1.54, 1.807) is 7.11 Å². The van der Waals surface area contributed by atoms with Crippen molar-refractivity contribution in [3.05, 3.63) is 29.0 Å². The lowest BCUT2D eigenvalue weighted by molar-refractivity contribution is 0.187. The molecule has 1 heterocycles. The molecular weight excluding hydrogens is 238 g/mol. The number of ether oxygens (including phenoxy) is 1. The standard InChI is InChI=1S/C12H16ClN3O/c1-8(14)12-15-10-7-9(13)3-4-11(10)16(12)5-6-17-2/h3-4,7-8H,5-6,14H2,1-2H3. The minimum Gasteiger partial charge on any atom is -0.383 e. The summed E-state index contributed by atoms with van der Waals surface area (Å²) < 4.78 is 7.19. The third-order valence-electron chi connectivity index (χ3n) is 2.67. The van der Waals surface area contributed by atoms with E-state index in [9.17, 15) is 0 Å². The molecule has 1 aromatic heterocycles. The molecule has 0 fully saturated rings. The predicted octanol–water partition coefficient (Wildman–Crippen LogP) is 2.36. The molecule has 1 aromatic carbocycles. The smallest absolute Gasteiger partial charge is 0.126 e. The van der Waals surface area contributed by atoms with Crippen LogP contribution in [0.5, 0.6) is 0 Å². The van der Waals surface area contributed by atoms with E-state index in [0.29, 0.717) is 11.6 Å². The van der Waals surface area contributed by atoms with Crippen LogP contribution in [-0.4, -0.2) is 23.3 Å². The van der Waals surface area contributed by atoms with Gasteiger partial charge in [-0.25, -0.2) is 4.98 Å². The van der Waals surface area contributed by atoms with Crippen molar-refractivity contribution in [2.75, 3.05) is 13.7 Å². The van der Waals surface area contributed by atoms with Gasteiger partial charge in [-0.2, -0.15) is 0 Å². The summed E-state index contributed by atoms with van der Waals surface area (Å²) in [5, 5.41) is 0.685. The zero-order valence-electron chi connectivity index (χ0n) is 9.98. The predicted molar refractivity (Wildman–Crippen MR) is 69.2 cm³/mol. The lowest BCUT2D eigenvalue weighted by Gasteiger charge is -2.10. The van der Waals surface area contributed by atoms with Crippen molar-refractivity contribution in [2.45, 2.75) is 19.5 Å². The molecule has 0 aliphatic carbocycles. The van der Waals surface area contributed by atoms with Crippen molar-refractivity contribution in [3.8, 4) is 0 Å². The third kappa shape index (κ3) is 2.44. The van der Waals surface area contributed by atoms with Crippen LogP contribution in [0.25, 0.3) is 11.0 Å².